The van der Waals surface area contributed by atoms with Gasteiger partial charge in [-0.25, -0.2) is 4.98 Å². The molecule has 0 amide bonds. The fraction of sp³-hybridized carbons (Fsp3) is 0.750. The minimum Gasteiger partial charge on any atom is -0.293 e. The first-order valence-electron chi connectivity index (χ1n) is 6.00. The molecule has 1 saturated carbocycles. The van der Waals surface area contributed by atoms with E-state index in [1.807, 2.05) is 0 Å². The summed E-state index contributed by atoms with van der Waals surface area (Å²) in [7, 11) is 0. The van der Waals surface area contributed by atoms with Crippen LogP contribution in [0.3, 0.4) is 0 Å². The lowest BCUT2D eigenvalue weighted by Crippen LogP contribution is -2.34. The molecule has 1 aromatic rings. The van der Waals surface area contributed by atoms with Crippen LogP contribution in [-0.2, 0) is 6.54 Å². The first-order valence-corrected chi connectivity index (χ1v) is 8.00. The summed E-state index contributed by atoms with van der Waals surface area (Å²) in [6, 6.07) is 0.793. The summed E-state index contributed by atoms with van der Waals surface area (Å²) in [6.45, 7) is 4.25. The third-order valence-electron chi connectivity index (χ3n) is 3.22. The zero-order valence-corrected chi connectivity index (χ0v) is 12.2. The maximum atomic E-state index is 4.57. The predicted octanol–water partition coefficient (Wildman–Crippen LogP) is 3.59. The van der Waals surface area contributed by atoms with E-state index in [1.54, 1.807) is 11.3 Å². The third kappa shape index (κ3) is 3.28. The molecule has 0 N–H and O–H groups in total. The smallest absolute Gasteiger partial charge is 0.107 e. The predicted molar refractivity (Wildman–Crippen MR) is 73.3 cm³/mol. The van der Waals surface area contributed by atoms with Crippen LogP contribution >= 0.6 is 27.3 Å². The molecule has 0 bridgehead atoms. The highest BCUT2D eigenvalue weighted by atomic mass is 79.9. The zero-order chi connectivity index (χ0) is 11.4. The monoisotopic (exact) mass is 302 g/mol. The summed E-state index contributed by atoms with van der Waals surface area (Å²) < 4.78 is 0. The molecular formula is C12H19BrN2S. The number of aryl methyl sites for hydroxylation is 1. The van der Waals surface area contributed by atoms with Crippen LogP contribution in [0.1, 0.15) is 36.4 Å². The first kappa shape index (κ1) is 12.5. The number of aromatic nitrogens is 1. The fourth-order valence-corrected chi connectivity index (χ4v) is 3.67. The van der Waals surface area contributed by atoms with Gasteiger partial charge in [-0.15, -0.1) is 11.3 Å². The molecule has 0 spiro atoms. The highest BCUT2D eigenvalue weighted by Crippen LogP contribution is 2.25. The van der Waals surface area contributed by atoms with Crippen molar-refractivity contribution in [3.8, 4) is 0 Å². The van der Waals surface area contributed by atoms with E-state index in [0.717, 1.165) is 30.2 Å². The molecule has 1 heterocycles. The van der Waals surface area contributed by atoms with Crippen LogP contribution in [-0.4, -0.2) is 27.8 Å². The van der Waals surface area contributed by atoms with Crippen molar-refractivity contribution in [2.45, 2.75) is 45.2 Å². The number of hydrogen-bond donors (Lipinski definition) is 0. The van der Waals surface area contributed by atoms with Crippen molar-refractivity contribution in [2.75, 3.05) is 11.9 Å². The van der Waals surface area contributed by atoms with Gasteiger partial charge in [0.2, 0.25) is 0 Å². The van der Waals surface area contributed by atoms with Crippen molar-refractivity contribution in [3.05, 3.63) is 16.1 Å². The molecule has 2 nitrogen and oxygen atoms in total. The number of nitrogens with zero attached hydrogens (tertiary/aromatic N) is 2. The Kier molecular flexibility index (Phi) is 4.79. The third-order valence-corrected chi connectivity index (χ3v) is 4.52. The van der Waals surface area contributed by atoms with E-state index in [4.69, 9.17) is 0 Å². The van der Waals surface area contributed by atoms with Crippen molar-refractivity contribution in [1.29, 1.82) is 0 Å². The van der Waals surface area contributed by atoms with Gasteiger partial charge in [0, 0.05) is 29.0 Å². The van der Waals surface area contributed by atoms with Crippen molar-refractivity contribution in [3.63, 3.8) is 0 Å². The summed E-state index contributed by atoms with van der Waals surface area (Å²) >= 11 is 5.35. The Bertz CT molecular complexity index is 321. The van der Waals surface area contributed by atoms with Gasteiger partial charge in [0.25, 0.3) is 0 Å². The standard InChI is InChI=1S/C12H19BrN2S/c1-10-9-16-12(14-10)8-15(7-6-13)11-4-2-3-5-11/h9,11H,2-8H2,1H3. The van der Waals surface area contributed by atoms with Gasteiger partial charge < -0.3 is 0 Å². The van der Waals surface area contributed by atoms with Crippen molar-refractivity contribution >= 4 is 27.3 Å². The largest absolute Gasteiger partial charge is 0.293 e. The normalized spacial score (nSPS) is 17.4. The number of alkyl halides is 1. The van der Waals surface area contributed by atoms with Crippen LogP contribution in [0.4, 0.5) is 0 Å². The summed E-state index contributed by atoms with van der Waals surface area (Å²) in [5, 5.41) is 4.48. The lowest BCUT2D eigenvalue weighted by molar-refractivity contribution is 0.202. The Balaban J connectivity index is 1.96. The molecule has 1 aliphatic rings. The quantitative estimate of drug-likeness (QED) is 0.773. The second-order valence-electron chi connectivity index (χ2n) is 4.48. The molecule has 0 aromatic carbocycles. The zero-order valence-electron chi connectivity index (χ0n) is 9.79. The fourth-order valence-electron chi connectivity index (χ4n) is 2.42. The average Bonchev–Trinajstić information content (AvgIpc) is 2.88. The van der Waals surface area contributed by atoms with Gasteiger partial charge >= 0.3 is 0 Å². The van der Waals surface area contributed by atoms with Crippen molar-refractivity contribution in [1.82, 2.24) is 9.88 Å². The lowest BCUT2D eigenvalue weighted by Gasteiger charge is -2.27. The summed E-state index contributed by atoms with van der Waals surface area (Å²) in [4.78, 5) is 7.16. The molecular weight excluding hydrogens is 284 g/mol. The number of thiazole rings is 1. The van der Waals surface area contributed by atoms with Crippen LogP contribution < -0.4 is 0 Å². The molecule has 1 aromatic heterocycles. The molecule has 4 heteroatoms. The van der Waals surface area contributed by atoms with Crippen molar-refractivity contribution in [2.24, 2.45) is 0 Å². The Morgan fingerprint density at radius 1 is 1.50 bits per heavy atom. The molecule has 90 valence electrons. The van der Waals surface area contributed by atoms with E-state index in [9.17, 15) is 0 Å². The minimum absolute atomic E-state index is 0.793. The van der Waals surface area contributed by atoms with E-state index in [-0.39, 0.29) is 0 Å². The second kappa shape index (κ2) is 6.12. The van der Waals surface area contributed by atoms with E-state index in [1.165, 1.54) is 30.7 Å². The van der Waals surface area contributed by atoms with Crippen LogP contribution in [0.2, 0.25) is 0 Å². The lowest BCUT2D eigenvalue weighted by atomic mass is 10.2. The molecule has 0 atom stereocenters. The van der Waals surface area contributed by atoms with Gasteiger partial charge in [-0.05, 0) is 19.8 Å². The maximum absolute atomic E-state index is 4.57. The first-order chi connectivity index (χ1) is 7.79. The Morgan fingerprint density at radius 2 is 2.25 bits per heavy atom. The number of hydrogen-bond acceptors (Lipinski definition) is 3. The molecule has 0 unspecified atom stereocenters. The van der Waals surface area contributed by atoms with E-state index < -0.39 is 0 Å². The van der Waals surface area contributed by atoms with Crippen molar-refractivity contribution < 1.29 is 0 Å². The molecule has 1 fully saturated rings. The van der Waals surface area contributed by atoms with Gasteiger partial charge in [0.1, 0.15) is 5.01 Å². The molecule has 0 aliphatic heterocycles. The molecule has 0 saturated heterocycles. The Morgan fingerprint density at radius 3 is 2.81 bits per heavy atom. The number of rotatable bonds is 5. The molecule has 1 aliphatic carbocycles. The van der Waals surface area contributed by atoms with Gasteiger partial charge in [-0.3, -0.25) is 4.90 Å². The van der Waals surface area contributed by atoms with Gasteiger partial charge in [-0.2, -0.15) is 0 Å². The topological polar surface area (TPSA) is 16.1 Å². The van der Waals surface area contributed by atoms with Crippen LogP contribution in [0.25, 0.3) is 0 Å². The van der Waals surface area contributed by atoms with Gasteiger partial charge in [-0.1, -0.05) is 28.8 Å². The van der Waals surface area contributed by atoms with Gasteiger partial charge in [0.15, 0.2) is 0 Å². The SMILES string of the molecule is Cc1csc(CN(CCBr)C2CCCC2)n1. The summed E-state index contributed by atoms with van der Waals surface area (Å²) in [6.07, 6.45) is 5.55. The molecule has 2 rings (SSSR count). The van der Waals surface area contributed by atoms with Crippen LogP contribution in [0.15, 0.2) is 5.38 Å². The molecule has 16 heavy (non-hydrogen) atoms. The summed E-state index contributed by atoms with van der Waals surface area (Å²) in [5.41, 5.74) is 1.16. The highest BCUT2D eigenvalue weighted by Gasteiger charge is 2.22. The average molecular weight is 303 g/mol. The maximum Gasteiger partial charge on any atom is 0.107 e. The summed E-state index contributed by atoms with van der Waals surface area (Å²) in [5.74, 6) is 0. The van der Waals surface area contributed by atoms with E-state index in [0.29, 0.717) is 0 Å². The Labute approximate surface area is 110 Å². The van der Waals surface area contributed by atoms with Crippen LogP contribution in [0.5, 0.6) is 0 Å². The highest BCUT2D eigenvalue weighted by molar-refractivity contribution is 9.09. The van der Waals surface area contributed by atoms with E-state index >= 15 is 0 Å². The number of halogens is 1. The van der Waals surface area contributed by atoms with E-state index in [2.05, 4.69) is 38.1 Å². The van der Waals surface area contributed by atoms with Crippen LogP contribution in [0, 0.1) is 6.92 Å². The second-order valence-corrected chi connectivity index (χ2v) is 6.22. The van der Waals surface area contributed by atoms with Gasteiger partial charge in [0.05, 0.1) is 6.54 Å². The molecule has 0 radical (unpaired) electrons. The minimum atomic E-state index is 0.793. The Hall–Kier alpha value is 0.0700.